The maximum Gasteiger partial charge on any atom is 0.416 e. The summed E-state index contributed by atoms with van der Waals surface area (Å²) in [5.41, 5.74) is -1.72. The van der Waals surface area contributed by atoms with Crippen LogP contribution in [0.3, 0.4) is 0 Å². The van der Waals surface area contributed by atoms with Gasteiger partial charge in [-0.05, 0) is 30.3 Å². The summed E-state index contributed by atoms with van der Waals surface area (Å²) in [4.78, 5) is 37.7. The number of alkyl halides is 3. The number of carbonyl (C=O) groups excluding carboxylic acids is 3. The van der Waals surface area contributed by atoms with Gasteiger partial charge in [-0.3, -0.25) is 14.9 Å². The van der Waals surface area contributed by atoms with Crippen molar-refractivity contribution in [1.82, 2.24) is 5.32 Å². The number of barbiturate groups is 1. The third-order valence-corrected chi connectivity index (χ3v) is 4.37. The van der Waals surface area contributed by atoms with Gasteiger partial charge < -0.3 is 4.74 Å². The first-order valence-corrected chi connectivity index (χ1v) is 8.42. The third-order valence-electron chi connectivity index (χ3n) is 4.05. The van der Waals surface area contributed by atoms with E-state index in [-0.39, 0.29) is 5.02 Å². The second kappa shape index (κ2) is 7.59. The Bertz CT molecular complexity index is 1050. The summed E-state index contributed by atoms with van der Waals surface area (Å²) < 4.78 is 44.3. The number of ether oxygens (including phenoxy) is 1. The minimum Gasteiger partial charge on any atom is -0.496 e. The average molecular weight is 425 g/mol. The van der Waals surface area contributed by atoms with Gasteiger partial charge in [0.1, 0.15) is 11.3 Å². The van der Waals surface area contributed by atoms with E-state index in [0.29, 0.717) is 22.3 Å². The van der Waals surface area contributed by atoms with Crippen molar-refractivity contribution in [1.29, 1.82) is 0 Å². The molecule has 1 fully saturated rings. The summed E-state index contributed by atoms with van der Waals surface area (Å²) in [6, 6.07) is 7.44. The Morgan fingerprint density at radius 2 is 1.79 bits per heavy atom. The summed E-state index contributed by atoms with van der Waals surface area (Å²) in [6.45, 7) is 0. The summed E-state index contributed by atoms with van der Waals surface area (Å²) in [6.07, 6.45) is -3.54. The van der Waals surface area contributed by atoms with Gasteiger partial charge in [0.05, 0.1) is 23.4 Å². The zero-order valence-corrected chi connectivity index (χ0v) is 15.5. The maximum atomic E-state index is 13.0. The Morgan fingerprint density at radius 3 is 2.45 bits per heavy atom. The van der Waals surface area contributed by atoms with Crippen LogP contribution in [0.1, 0.15) is 11.1 Å². The SMILES string of the molecule is COc1ccccc1/C=C1\C(=O)NC(=O)N(c2cc(C(F)(F)F)ccc2Cl)C1=O. The smallest absolute Gasteiger partial charge is 0.416 e. The van der Waals surface area contributed by atoms with Gasteiger partial charge in [-0.25, -0.2) is 9.69 Å². The van der Waals surface area contributed by atoms with Crippen LogP contribution < -0.4 is 15.0 Å². The van der Waals surface area contributed by atoms with E-state index in [0.717, 1.165) is 12.1 Å². The lowest BCUT2D eigenvalue weighted by Gasteiger charge is -2.27. The highest BCUT2D eigenvalue weighted by molar-refractivity contribution is 6.42. The molecule has 4 amide bonds. The van der Waals surface area contributed by atoms with Gasteiger partial charge in [0.25, 0.3) is 11.8 Å². The van der Waals surface area contributed by atoms with E-state index in [1.54, 1.807) is 24.3 Å². The standard InChI is InChI=1S/C19H12ClF3N2O4/c1-29-15-5-3-2-4-10(15)8-12-16(26)24-18(28)25(17(12)27)14-9-11(19(21,22)23)6-7-13(14)20/h2-9H,1H3,(H,24,26,28)/b12-8+. The zero-order chi connectivity index (χ0) is 21.3. The molecule has 29 heavy (non-hydrogen) atoms. The summed E-state index contributed by atoms with van der Waals surface area (Å²) in [7, 11) is 1.39. The molecule has 1 aliphatic heterocycles. The Hall–Kier alpha value is -3.33. The van der Waals surface area contributed by atoms with Crippen LogP contribution in [0.15, 0.2) is 48.0 Å². The summed E-state index contributed by atoms with van der Waals surface area (Å²) in [5.74, 6) is -1.77. The van der Waals surface area contributed by atoms with Gasteiger partial charge in [-0.15, -0.1) is 0 Å². The lowest BCUT2D eigenvalue weighted by Crippen LogP contribution is -2.54. The van der Waals surface area contributed by atoms with E-state index >= 15 is 0 Å². The molecule has 0 saturated carbocycles. The maximum absolute atomic E-state index is 13.0. The lowest BCUT2D eigenvalue weighted by atomic mass is 10.1. The lowest BCUT2D eigenvalue weighted by molar-refractivity contribution is -0.137. The molecule has 2 aromatic carbocycles. The number of imide groups is 2. The molecule has 0 bridgehead atoms. The average Bonchev–Trinajstić information content (AvgIpc) is 2.65. The molecule has 1 aliphatic rings. The molecule has 0 radical (unpaired) electrons. The van der Waals surface area contributed by atoms with Crippen molar-refractivity contribution in [2.75, 3.05) is 12.0 Å². The van der Waals surface area contributed by atoms with Crippen molar-refractivity contribution in [2.45, 2.75) is 6.18 Å². The first-order valence-electron chi connectivity index (χ1n) is 8.04. The van der Waals surface area contributed by atoms with E-state index in [9.17, 15) is 27.6 Å². The Balaban J connectivity index is 2.10. The topological polar surface area (TPSA) is 75.7 Å². The third kappa shape index (κ3) is 3.95. The number of para-hydroxylation sites is 1. The fourth-order valence-electron chi connectivity index (χ4n) is 2.68. The molecule has 0 atom stereocenters. The number of anilines is 1. The van der Waals surface area contributed by atoms with E-state index < -0.39 is 40.8 Å². The first kappa shape index (κ1) is 20.4. The van der Waals surface area contributed by atoms with Gasteiger partial charge in [-0.1, -0.05) is 29.8 Å². The number of nitrogens with zero attached hydrogens (tertiary/aromatic N) is 1. The van der Waals surface area contributed by atoms with E-state index in [1.807, 2.05) is 5.32 Å². The van der Waals surface area contributed by atoms with Crippen molar-refractivity contribution < 1.29 is 32.3 Å². The molecule has 3 rings (SSSR count). The van der Waals surface area contributed by atoms with Crippen molar-refractivity contribution in [3.05, 3.63) is 64.2 Å². The molecule has 1 heterocycles. The Labute approximate surface area is 167 Å². The molecule has 10 heteroatoms. The molecule has 0 spiro atoms. The fraction of sp³-hybridized carbons (Fsp3) is 0.105. The Morgan fingerprint density at radius 1 is 1.10 bits per heavy atom. The zero-order valence-electron chi connectivity index (χ0n) is 14.7. The van der Waals surface area contributed by atoms with Crippen LogP contribution in [0.2, 0.25) is 5.02 Å². The molecule has 1 N–H and O–H groups in total. The van der Waals surface area contributed by atoms with E-state index in [2.05, 4.69) is 0 Å². The number of urea groups is 1. The quantitative estimate of drug-likeness (QED) is 0.596. The van der Waals surface area contributed by atoms with Crippen molar-refractivity contribution in [2.24, 2.45) is 0 Å². The van der Waals surface area contributed by atoms with Crippen molar-refractivity contribution in [3.63, 3.8) is 0 Å². The van der Waals surface area contributed by atoms with E-state index in [1.165, 1.54) is 13.2 Å². The molecule has 150 valence electrons. The van der Waals surface area contributed by atoms with Gasteiger partial charge in [0.2, 0.25) is 0 Å². The fourth-order valence-corrected chi connectivity index (χ4v) is 2.88. The minimum absolute atomic E-state index is 0.271. The minimum atomic E-state index is -4.72. The predicted molar refractivity (Wildman–Crippen MR) is 98.4 cm³/mol. The van der Waals surface area contributed by atoms with Crippen molar-refractivity contribution >= 4 is 41.2 Å². The molecular weight excluding hydrogens is 413 g/mol. The van der Waals surface area contributed by atoms with Crippen molar-refractivity contribution in [3.8, 4) is 5.75 Å². The molecule has 0 unspecified atom stereocenters. The van der Waals surface area contributed by atoms with Gasteiger partial charge >= 0.3 is 12.2 Å². The first-order chi connectivity index (χ1) is 13.6. The van der Waals surface area contributed by atoms with Gasteiger partial charge in [0.15, 0.2) is 0 Å². The van der Waals surface area contributed by atoms with Crippen LogP contribution in [-0.4, -0.2) is 25.0 Å². The number of benzene rings is 2. The highest BCUT2D eigenvalue weighted by Crippen LogP contribution is 2.36. The highest BCUT2D eigenvalue weighted by Gasteiger charge is 2.39. The molecular formula is C19H12ClF3N2O4. The number of carbonyl (C=O) groups is 3. The predicted octanol–water partition coefficient (Wildman–Crippen LogP) is 4.03. The largest absolute Gasteiger partial charge is 0.496 e. The van der Waals surface area contributed by atoms with Crippen LogP contribution in [0.4, 0.5) is 23.7 Å². The monoisotopic (exact) mass is 424 g/mol. The second-order valence-corrected chi connectivity index (χ2v) is 6.27. The summed E-state index contributed by atoms with van der Waals surface area (Å²) in [5, 5.41) is 1.66. The Kier molecular flexibility index (Phi) is 5.34. The normalized spacial score (nSPS) is 16.2. The van der Waals surface area contributed by atoms with Crippen LogP contribution in [0.5, 0.6) is 5.75 Å². The second-order valence-electron chi connectivity index (χ2n) is 5.86. The molecule has 6 nitrogen and oxygen atoms in total. The number of halogens is 4. The van der Waals surface area contributed by atoms with Crippen LogP contribution in [0.25, 0.3) is 6.08 Å². The molecule has 0 aliphatic carbocycles. The number of hydrogen-bond donors (Lipinski definition) is 1. The number of rotatable bonds is 3. The number of amides is 4. The number of nitrogens with one attached hydrogen (secondary N) is 1. The van der Waals surface area contributed by atoms with Crippen LogP contribution >= 0.6 is 11.6 Å². The molecule has 0 aromatic heterocycles. The molecule has 1 saturated heterocycles. The summed E-state index contributed by atoms with van der Waals surface area (Å²) >= 11 is 5.94. The van der Waals surface area contributed by atoms with Gasteiger partial charge in [0, 0.05) is 5.56 Å². The number of methoxy groups -OCH3 is 1. The van der Waals surface area contributed by atoms with Crippen LogP contribution in [-0.2, 0) is 15.8 Å². The highest BCUT2D eigenvalue weighted by atomic mass is 35.5. The molecule has 2 aromatic rings. The van der Waals surface area contributed by atoms with Gasteiger partial charge in [-0.2, -0.15) is 13.2 Å². The van der Waals surface area contributed by atoms with Crippen LogP contribution in [0, 0.1) is 0 Å². The van der Waals surface area contributed by atoms with E-state index in [4.69, 9.17) is 16.3 Å². The number of hydrogen-bond acceptors (Lipinski definition) is 4.